The average Bonchev–Trinajstić information content (AvgIpc) is 2.16. The molecule has 0 aromatic rings. The lowest BCUT2D eigenvalue weighted by Gasteiger charge is -2.25. The largest absolute Gasteiger partial charge is 0.309 e. The third kappa shape index (κ3) is 9.17. The van der Waals surface area contributed by atoms with Crippen molar-refractivity contribution in [2.45, 2.75) is 52.5 Å². The Kier molecular flexibility index (Phi) is 8.96. The Balaban J connectivity index is 3.52. The normalized spacial score (nSPS) is 14.1. The molecule has 0 saturated heterocycles. The fourth-order valence-electron chi connectivity index (χ4n) is 1.89. The molecule has 2 nitrogen and oxygen atoms in total. The van der Waals surface area contributed by atoms with Gasteiger partial charge in [-0.2, -0.15) is 0 Å². The summed E-state index contributed by atoms with van der Waals surface area (Å²) in [5.74, 6) is 0.845. The molecule has 0 bridgehead atoms. The van der Waals surface area contributed by atoms with E-state index in [2.05, 4.69) is 51.7 Å². The van der Waals surface area contributed by atoms with E-state index in [-0.39, 0.29) is 0 Å². The second-order valence-electron chi connectivity index (χ2n) is 5.81. The van der Waals surface area contributed by atoms with Crippen molar-refractivity contribution in [3.63, 3.8) is 0 Å². The molecule has 0 amide bonds. The van der Waals surface area contributed by atoms with Crippen molar-refractivity contribution in [3.8, 4) is 0 Å². The van der Waals surface area contributed by atoms with Crippen LogP contribution in [0, 0.1) is 5.92 Å². The van der Waals surface area contributed by atoms with E-state index >= 15 is 0 Å². The van der Waals surface area contributed by atoms with Crippen LogP contribution in [-0.2, 0) is 0 Å². The highest BCUT2D eigenvalue weighted by Gasteiger charge is 2.08. The van der Waals surface area contributed by atoms with Crippen LogP contribution in [0.2, 0.25) is 0 Å². The van der Waals surface area contributed by atoms with Gasteiger partial charge >= 0.3 is 0 Å². The van der Waals surface area contributed by atoms with E-state index in [9.17, 15) is 0 Å². The van der Waals surface area contributed by atoms with Crippen molar-refractivity contribution in [2.75, 3.05) is 34.2 Å². The fourth-order valence-corrected chi connectivity index (χ4v) is 1.89. The molecule has 1 unspecified atom stereocenters. The van der Waals surface area contributed by atoms with Gasteiger partial charge < -0.3 is 9.80 Å². The third-order valence-corrected chi connectivity index (χ3v) is 3.27. The lowest BCUT2D eigenvalue weighted by molar-refractivity contribution is 0.228. The van der Waals surface area contributed by atoms with Crippen LogP contribution >= 0.6 is 0 Å². The molecule has 0 heterocycles. The van der Waals surface area contributed by atoms with E-state index in [0.29, 0.717) is 0 Å². The number of rotatable bonds is 9. The maximum Gasteiger partial charge on any atom is 0.00643 e. The first-order chi connectivity index (χ1) is 7.43. The van der Waals surface area contributed by atoms with Crippen molar-refractivity contribution in [3.05, 3.63) is 0 Å². The minimum atomic E-state index is 0.729. The zero-order valence-electron chi connectivity index (χ0n) is 12.3. The summed E-state index contributed by atoms with van der Waals surface area (Å²) in [4.78, 5) is 4.78. The van der Waals surface area contributed by atoms with Gasteiger partial charge in [-0.3, -0.25) is 0 Å². The second-order valence-corrected chi connectivity index (χ2v) is 5.81. The topological polar surface area (TPSA) is 6.48 Å². The predicted molar refractivity (Wildman–Crippen MR) is 74.0 cm³/mol. The molecule has 98 valence electrons. The number of nitrogens with zero attached hydrogens (tertiary/aromatic N) is 2. The zero-order chi connectivity index (χ0) is 12.6. The van der Waals surface area contributed by atoms with Crippen LogP contribution in [0.3, 0.4) is 0 Å². The lowest BCUT2D eigenvalue weighted by atomic mass is 10.1. The first-order valence-corrected chi connectivity index (χ1v) is 6.78. The SMILES string of the molecule is CC(C)CCCN(C)C(C)CCCN(C)C. The van der Waals surface area contributed by atoms with Gasteiger partial charge in [0, 0.05) is 6.04 Å². The van der Waals surface area contributed by atoms with Crippen LogP contribution < -0.4 is 0 Å². The quantitative estimate of drug-likeness (QED) is 0.598. The molecule has 0 N–H and O–H groups in total. The summed E-state index contributed by atoms with van der Waals surface area (Å²) in [6, 6.07) is 0.729. The molecule has 0 spiro atoms. The Bertz CT molecular complexity index is 137. The van der Waals surface area contributed by atoms with Gasteiger partial charge in [0.25, 0.3) is 0 Å². The van der Waals surface area contributed by atoms with Gasteiger partial charge in [0.05, 0.1) is 0 Å². The van der Waals surface area contributed by atoms with Gasteiger partial charge in [-0.25, -0.2) is 0 Å². The molecule has 0 radical (unpaired) electrons. The summed E-state index contributed by atoms with van der Waals surface area (Å²) in [5.41, 5.74) is 0. The molecule has 0 rings (SSSR count). The lowest BCUT2D eigenvalue weighted by Crippen LogP contribution is -2.30. The average molecular weight is 228 g/mol. The van der Waals surface area contributed by atoms with Crippen molar-refractivity contribution >= 4 is 0 Å². The Labute approximate surface area is 103 Å². The van der Waals surface area contributed by atoms with Crippen LogP contribution in [0.25, 0.3) is 0 Å². The van der Waals surface area contributed by atoms with E-state index in [0.717, 1.165) is 12.0 Å². The standard InChI is InChI=1S/C14H32N2/c1-13(2)9-7-12-16(6)14(3)10-8-11-15(4)5/h13-14H,7-12H2,1-6H3. The molecule has 0 saturated carbocycles. The molecule has 0 fully saturated rings. The minimum absolute atomic E-state index is 0.729. The molecule has 0 aliphatic heterocycles. The number of hydrogen-bond donors (Lipinski definition) is 0. The molecule has 16 heavy (non-hydrogen) atoms. The van der Waals surface area contributed by atoms with Crippen LogP contribution in [0.5, 0.6) is 0 Å². The Hall–Kier alpha value is -0.0800. The van der Waals surface area contributed by atoms with Crippen molar-refractivity contribution in [1.82, 2.24) is 9.80 Å². The Morgan fingerprint density at radius 3 is 1.88 bits per heavy atom. The second kappa shape index (κ2) is 9.00. The van der Waals surface area contributed by atoms with Crippen molar-refractivity contribution < 1.29 is 0 Å². The molecule has 1 atom stereocenters. The van der Waals surface area contributed by atoms with E-state index in [1.54, 1.807) is 0 Å². The van der Waals surface area contributed by atoms with Crippen LogP contribution in [0.15, 0.2) is 0 Å². The van der Waals surface area contributed by atoms with Crippen LogP contribution in [-0.4, -0.2) is 50.1 Å². The molecular formula is C14H32N2. The van der Waals surface area contributed by atoms with E-state index in [1.165, 1.54) is 38.8 Å². The molecule has 0 aromatic heterocycles. The summed E-state index contributed by atoms with van der Waals surface area (Å²) in [6.07, 6.45) is 5.32. The third-order valence-electron chi connectivity index (χ3n) is 3.27. The maximum absolute atomic E-state index is 2.51. The van der Waals surface area contributed by atoms with Gasteiger partial charge in [0.1, 0.15) is 0 Å². The fraction of sp³-hybridized carbons (Fsp3) is 1.00. The summed E-state index contributed by atoms with van der Waals surface area (Å²) >= 11 is 0. The molecular weight excluding hydrogens is 196 g/mol. The predicted octanol–water partition coefficient (Wildman–Crippen LogP) is 3.08. The minimum Gasteiger partial charge on any atom is -0.309 e. The monoisotopic (exact) mass is 228 g/mol. The van der Waals surface area contributed by atoms with Gasteiger partial charge in [-0.1, -0.05) is 13.8 Å². The smallest absolute Gasteiger partial charge is 0.00643 e. The Morgan fingerprint density at radius 1 is 0.812 bits per heavy atom. The van der Waals surface area contributed by atoms with Crippen molar-refractivity contribution in [2.24, 2.45) is 5.92 Å². The van der Waals surface area contributed by atoms with Crippen molar-refractivity contribution in [1.29, 1.82) is 0 Å². The van der Waals surface area contributed by atoms with Gasteiger partial charge in [-0.15, -0.1) is 0 Å². The van der Waals surface area contributed by atoms with E-state index in [4.69, 9.17) is 0 Å². The van der Waals surface area contributed by atoms with Crippen LogP contribution in [0.1, 0.15) is 46.5 Å². The van der Waals surface area contributed by atoms with Gasteiger partial charge in [-0.05, 0) is 72.8 Å². The first-order valence-electron chi connectivity index (χ1n) is 6.78. The summed E-state index contributed by atoms with van der Waals surface area (Å²) in [6.45, 7) is 9.43. The number of hydrogen-bond acceptors (Lipinski definition) is 2. The maximum atomic E-state index is 2.51. The zero-order valence-corrected chi connectivity index (χ0v) is 12.3. The van der Waals surface area contributed by atoms with Gasteiger partial charge in [0.15, 0.2) is 0 Å². The summed E-state index contributed by atoms with van der Waals surface area (Å²) in [7, 11) is 6.56. The first kappa shape index (κ1) is 15.9. The summed E-state index contributed by atoms with van der Waals surface area (Å²) < 4.78 is 0. The molecule has 2 heteroatoms. The summed E-state index contributed by atoms with van der Waals surface area (Å²) in [5, 5.41) is 0. The highest BCUT2D eigenvalue weighted by atomic mass is 15.1. The Morgan fingerprint density at radius 2 is 1.38 bits per heavy atom. The molecule has 0 aliphatic carbocycles. The van der Waals surface area contributed by atoms with E-state index < -0.39 is 0 Å². The molecule has 0 aromatic carbocycles. The van der Waals surface area contributed by atoms with Crippen LogP contribution in [0.4, 0.5) is 0 Å². The van der Waals surface area contributed by atoms with E-state index in [1.807, 2.05) is 0 Å². The highest BCUT2D eigenvalue weighted by molar-refractivity contribution is 4.64. The van der Waals surface area contributed by atoms with Gasteiger partial charge in [0.2, 0.25) is 0 Å². The highest BCUT2D eigenvalue weighted by Crippen LogP contribution is 2.09. The molecule has 0 aliphatic rings.